The van der Waals surface area contributed by atoms with Crippen molar-refractivity contribution >= 4 is 17.2 Å². The Kier molecular flexibility index (Phi) is 3.00. The molecule has 0 aliphatic carbocycles. The molecule has 0 spiro atoms. The van der Waals surface area contributed by atoms with Crippen molar-refractivity contribution in [3.8, 4) is 0 Å². The van der Waals surface area contributed by atoms with Gasteiger partial charge < -0.3 is 5.32 Å². The fraction of sp³-hybridized carbons (Fsp3) is 0.0833. The van der Waals surface area contributed by atoms with E-state index in [4.69, 9.17) is 0 Å². The Bertz CT molecular complexity index is 541. The Morgan fingerprint density at radius 1 is 1.18 bits per heavy atom. The number of nitrogens with one attached hydrogen (secondary N) is 1. The number of nitrogens with zero attached hydrogens (tertiary/aromatic N) is 2. The lowest BCUT2D eigenvalue weighted by Gasteiger charge is -2.05. The fourth-order valence-electron chi connectivity index (χ4n) is 1.49. The molecule has 0 aliphatic heterocycles. The summed E-state index contributed by atoms with van der Waals surface area (Å²) < 4.78 is 0. The third-order valence-electron chi connectivity index (χ3n) is 2.30. The third-order valence-corrected chi connectivity index (χ3v) is 2.30. The van der Waals surface area contributed by atoms with Crippen LogP contribution in [0.15, 0.2) is 42.5 Å². The standard InChI is InChI=1S/C12H11N3O2/c1-9-11(15(16)17)7-8-12(13-9)14-10-5-3-2-4-6-10/h2-8H,1H3,(H,13,14). The first-order valence-corrected chi connectivity index (χ1v) is 5.11. The molecule has 2 aromatic rings. The highest BCUT2D eigenvalue weighted by molar-refractivity contribution is 5.57. The zero-order valence-electron chi connectivity index (χ0n) is 9.25. The van der Waals surface area contributed by atoms with Gasteiger partial charge in [0.1, 0.15) is 11.5 Å². The van der Waals surface area contributed by atoms with Crippen LogP contribution in [0.1, 0.15) is 5.69 Å². The van der Waals surface area contributed by atoms with E-state index in [-0.39, 0.29) is 5.69 Å². The van der Waals surface area contributed by atoms with Crippen molar-refractivity contribution in [2.45, 2.75) is 6.92 Å². The van der Waals surface area contributed by atoms with E-state index in [0.29, 0.717) is 11.5 Å². The molecule has 0 bridgehead atoms. The van der Waals surface area contributed by atoms with Gasteiger partial charge in [0, 0.05) is 11.8 Å². The summed E-state index contributed by atoms with van der Waals surface area (Å²) in [5, 5.41) is 13.7. The highest BCUT2D eigenvalue weighted by Gasteiger charge is 2.11. The predicted molar refractivity (Wildman–Crippen MR) is 65.4 cm³/mol. The van der Waals surface area contributed by atoms with Crippen LogP contribution >= 0.6 is 0 Å². The number of rotatable bonds is 3. The second kappa shape index (κ2) is 4.61. The smallest absolute Gasteiger partial charge is 0.290 e. The molecule has 0 amide bonds. The molecule has 5 nitrogen and oxygen atoms in total. The minimum Gasteiger partial charge on any atom is -0.340 e. The summed E-state index contributed by atoms with van der Waals surface area (Å²) in [6.07, 6.45) is 0. The van der Waals surface area contributed by atoms with E-state index in [1.54, 1.807) is 13.0 Å². The predicted octanol–water partition coefficient (Wildman–Crippen LogP) is 3.04. The summed E-state index contributed by atoms with van der Waals surface area (Å²) in [6.45, 7) is 1.62. The number of hydrogen-bond donors (Lipinski definition) is 1. The molecule has 5 heteroatoms. The molecule has 0 fully saturated rings. The maximum absolute atomic E-state index is 10.6. The average molecular weight is 229 g/mol. The van der Waals surface area contributed by atoms with Gasteiger partial charge >= 0.3 is 0 Å². The molecule has 0 saturated heterocycles. The molecule has 2 rings (SSSR count). The molecule has 0 saturated carbocycles. The van der Waals surface area contributed by atoms with E-state index < -0.39 is 4.92 Å². The summed E-state index contributed by atoms with van der Waals surface area (Å²) in [5.41, 5.74) is 1.33. The Hall–Kier alpha value is -2.43. The first-order valence-electron chi connectivity index (χ1n) is 5.11. The molecule has 0 radical (unpaired) electrons. The maximum atomic E-state index is 10.6. The third kappa shape index (κ3) is 2.57. The summed E-state index contributed by atoms with van der Waals surface area (Å²) in [7, 11) is 0. The van der Waals surface area contributed by atoms with Crippen LogP contribution in [0.4, 0.5) is 17.2 Å². The quantitative estimate of drug-likeness (QED) is 0.648. The number of nitro groups is 1. The molecule has 1 heterocycles. The van der Waals surface area contributed by atoms with Crippen LogP contribution in [0.3, 0.4) is 0 Å². The van der Waals surface area contributed by atoms with Crippen LogP contribution in [0.25, 0.3) is 0 Å². The topological polar surface area (TPSA) is 68.1 Å². The number of pyridine rings is 1. The Balaban J connectivity index is 2.24. The van der Waals surface area contributed by atoms with Gasteiger partial charge in [-0.1, -0.05) is 18.2 Å². The second-order valence-corrected chi connectivity index (χ2v) is 3.55. The molecular weight excluding hydrogens is 218 g/mol. The molecule has 1 aromatic carbocycles. The largest absolute Gasteiger partial charge is 0.340 e. The molecule has 0 aliphatic rings. The lowest BCUT2D eigenvalue weighted by atomic mass is 10.3. The van der Waals surface area contributed by atoms with Gasteiger partial charge in [-0.05, 0) is 25.1 Å². The van der Waals surface area contributed by atoms with Crippen LogP contribution in [0.5, 0.6) is 0 Å². The van der Waals surface area contributed by atoms with Crippen molar-refractivity contribution in [1.82, 2.24) is 4.98 Å². The summed E-state index contributed by atoms with van der Waals surface area (Å²) >= 11 is 0. The van der Waals surface area contributed by atoms with E-state index >= 15 is 0 Å². The lowest BCUT2D eigenvalue weighted by molar-refractivity contribution is -0.385. The number of anilines is 2. The van der Waals surface area contributed by atoms with Gasteiger partial charge in [0.2, 0.25) is 0 Å². The number of benzene rings is 1. The van der Waals surface area contributed by atoms with E-state index in [1.807, 2.05) is 30.3 Å². The normalized spacial score (nSPS) is 9.94. The first kappa shape index (κ1) is 11.1. The zero-order valence-corrected chi connectivity index (χ0v) is 9.25. The maximum Gasteiger partial charge on any atom is 0.290 e. The minimum absolute atomic E-state index is 0.0311. The fourth-order valence-corrected chi connectivity index (χ4v) is 1.49. The summed E-state index contributed by atoms with van der Waals surface area (Å²) in [5.74, 6) is 0.597. The van der Waals surface area contributed by atoms with Gasteiger partial charge in [0.05, 0.1) is 4.92 Å². The first-order chi connectivity index (χ1) is 8.16. The Labute approximate surface area is 98.3 Å². The summed E-state index contributed by atoms with van der Waals surface area (Å²) in [4.78, 5) is 14.3. The highest BCUT2D eigenvalue weighted by atomic mass is 16.6. The average Bonchev–Trinajstić information content (AvgIpc) is 2.30. The monoisotopic (exact) mass is 229 g/mol. The Morgan fingerprint density at radius 3 is 2.47 bits per heavy atom. The van der Waals surface area contributed by atoms with Crippen molar-refractivity contribution in [3.63, 3.8) is 0 Å². The van der Waals surface area contributed by atoms with Gasteiger partial charge in [0.25, 0.3) is 5.69 Å². The van der Waals surface area contributed by atoms with Crippen molar-refractivity contribution in [1.29, 1.82) is 0 Å². The van der Waals surface area contributed by atoms with Gasteiger partial charge in [0.15, 0.2) is 0 Å². The van der Waals surface area contributed by atoms with Crippen molar-refractivity contribution < 1.29 is 4.92 Å². The van der Waals surface area contributed by atoms with Gasteiger partial charge in [-0.2, -0.15) is 0 Å². The highest BCUT2D eigenvalue weighted by Crippen LogP contribution is 2.20. The Morgan fingerprint density at radius 2 is 1.88 bits per heavy atom. The SMILES string of the molecule is Cc1nc(Nc2ccccc2)ccc1[N+](=O)[O-]. The number of aromatic nitrogens is 1. The van der Waals surface area contributed by atoms with E-state index in [0.717, 1.165) is 5.69 Å². The van der Waals surface area contributed by atoms with E-state index in [2.05, 4.69) is 10.3 Å². The minimum atomic E-state index is -0.436. The van der Waals surface area contributed by atoms with Crippen LogP contribution < -0.4 is 5.32 Å². The molecule has 1 N–H and O–H groups in total. The van der Waals surface area contributed by atoms with Crippen molar-refractivity contribution in [2.24, 2.45) is 0 Å². The van der Waals surface area contributed by atoms with E-state index in [1.165, 1.54) is 6.07 Å². The number of hydrogen-bond acceptors (Lipinski definition) is 4. The molecule has 17 heavy (non-hydrogen) atoms. The van der Waals surface area contributed by atoms with Crippen molar-refractivity contribution in [3.05, 3.63) is 58.3 Å². The molecule has 0 atom stereocenters. The second-order valence-electron chi connectivity index (χ2n) is 3.55. The van der Waals surface area contributed by atoms with Crippen LogP contribution in [0, 0.1) is 17.0 Å². The molecule has 0 unspecified atom stereocenters. The number of para-hydroxylation sites is 1. The summed E-state index contributed by atoms with van der Waals surface area (Å²) in [6, 6.07) is 12.6. The molecular formula is C12H11N3O2. The van der Waals surface area contributed by atoms with Crippen molar-refractivity contribution in [2.75, 3.05) is 5.32 Å². The number of aryl methyl sites for hydroxylation is 1. The van der Waals surface area contributed by atoms with Gasteiger partial charge in [-0.25, -0.2) is 4.98 Å². The van der Waals surface area contributed by atoms with Crippen LogP contribution in [-0.4, -0.2) is 9.91 Å². The van der Waals surface area contributed by atoms with Gasteiger partial charge in [-0.3, -0.25) is 10.1 Å². The molecule has 86 valence electrons. The van der Waals surface area contributed by atoms with E-state index in [9.17, 15) is 10.1 Å². The van der Waals surface area contributed by atoms with Gasteiger partial charge in [-0.15, -0.1) is 0 Å². The lowest BCUT2D eigenvalue weighted by Crippen LogP contribution is -1.98. The van der Waals surface area contributed by atoms with Crippen LogP contribution in [0.2, 0.25) is 0 Å². The molecule has 1 aromatic heterocycles. The van der Waals surface area contributed by atoms with Crippen LogP contribution in [-0.2, 0) is 0 Å². The zero-order chi connectivity index (χ0) is 12.3.